The molecule has 3 aromatic rings. The lowest BCUT2D eigenvalue weighted by Crippen LogP contribution is -2.43. The van der Waals surface area contributed by atoms with Gasteiger partial charge < -0.3 is 19.9 Å². The summed E-state index contributed by atoms with van der Waals surface area (Å²) in [6.45, 7) is 0.0582. The zero-order chi connectivity index (χ0) is 26.5. The molecule has 10 heteroatoms. The number of amides is 2. The van der Waals surface area contributed by atoms with Gasteiger partial charge in [0, 0.05) is 18.6 Å². The Morgan fingerprint density at radius 2 is 1.62 bits per heavy atom. The van der Waals surface area contributed by atoms with Crippen LogP contribution in [0.5, 0.6) is 5.75 Å². The van der Waals surface area contributed by atoms with E-state index in [4.69, 9.17) is 9.47 Å². The lowest BCUT2D eigenvalue weighted by Gasteiger charge is -2.18. The van der Waals surface area contributed by atoms with Gasteiger partial charge in [0.1, 0.15) is 29.4 Å². The minimum absolute atomic E-state index is 0.0582. The maximum atomic E-state index is 12.6. The lowest BCUT2D eigenvalue weighted by molar-refractivity contribution is -0.139. The molecule has 2 amide bonds. The zero-order valence-corrected chi connectivity index (χ0v) is 21.0. The monoisotopic (exact) mass is 522 g/mol. The number of carboxylic acid groups (broad SMARTS) is 1. The quantitative estimate of drug-likeness (QED) is 0.393. The molecule has 0 fully saturated rings. The van der Waals surface area contributed by atoms with Gasteiger partial charge in [-0.3, -0.25) is 9.52 Å². The van der Waals surface area contributed by atoms with Crippen molar-refractivity contribution in [2.75, 3.05) is 20.0 Å². The Labute approximate surface area is 216 Å². The normalized spacial score (nSPS) is 13.6. The fourth-order valence-electron chi connectivity index (χ4n) is 4.45. The first-order chi connectivity index (χ1) is 17.8. The van der Waals surface area contributed by atoms with Crippen LogP contribution in [0, 0.1) is 0 Å². The molecule has 0 bridgehead atoms. The predicted octanol–water partition coefficient (Wildman–Crippen LogP) is 3.25. The Morgan fingerprint density at radius 1 is 1.00 bits per heavy atom. The van der Waals surface area contributed by atoms with Crippen LogP contribution in [0.4, 0.5) is 4.79 Å². The summed E-state index contributed by atoms with van der Waals surface area (Å²) in [5, 5.41) is 12.1. The molecule has 1 aliphatic carbocycles. The molecule has 0 heterocycles. The van der Waals surface area contributed by atoms with Crippen molar-refractivity contribution in [3.05, 3.63) is 89.0 Å². The summed E-state index contributed by atoms with van der Waals surface area (Å²) in [4.78, 5) is 36.7. The number of hydrogen-bond donors (Lipinski definition) is 3. The second-order valence-electron chi connectivity index (χ2n) is 8.48. The van der Waals surface area contributed by atoms with Crippen LogP contribution in [0.3, 0.4) is 0 Å². The summed E-state index contributed by atoms with van der Waals surface area (Å²) in [6, 6.07) is 19.1. The van der Waals surface area contributed by atoms with Crippen molar-refractivity contribution in [3.8, 4) is 16.9 Å². The first kappa shape index (κ1) is 25.9. The molecule has 0 radical (unpaired) electrons. The number of carboxylic acids is 1. The summed E-state index contributed by atoms with van der Waals surface area (Å²) in [6.07, 6.45) is 0.408. The minimum Gasteiger partial charge on any atom is -0.496 e. The number of carbonyl (C=O) groups is 3. The fraction of sp³-hybridized carbons (Fsp3) is 0.222. The van der Waals surface area contributed by atoms with Gasteiger partial charge in [0.2, 0.25) is 0 Å². The molecule has 3 aromatic carbocycles. The van der Waals surface area contributed by atoms with Crippen LogP contribution in [0.25, 0.3) is 11.1 Å². The Balaban J connectivity index is 1.43. The number of fused-ring (bicyclic) bond motifs is 3. The standard InChI is InChI=1S/C27H26N2O7S/c1-35-24-14-16(11-12-21(24)25(30)29-37(2)34)13-23(26(31)32)28-27(33)36-15-22-19-9-5-3-7-17(19)18-8-4-6-10-20(18)22/h3-12,14,22-23H,13,15H2,1-2H3,(H,28,33)(H,29,30)(H,31,32). The summed E-state index contributed by atoms with van der Waals surface area (Å²) < 4.78 is 24.3. The Hall–Kier alpha value is -4.18. The number of benzene rings is 3. The van der Waals surface area contributed by atoms with Crippen molar-refractivity contribution in [1.82, 2.24) is 10.0 Å². The average molecular weight is 523 g/mol. The number of aliphatic carboxylic acids is 1. The summed E-state index contributed by atoms with van der Waals surface area (Å²) in [5.74, 6) is -1.79. The third-order valence-corrected chi connectivity index (χ3v) is 6.59. The second-order valence-corrected chi connectivity index (χ2v) is 9.60. The topological polar surface area (TPSA) is 131 Å². The SMILES string of the molecule is COc1cc(CC(NC(=O)OCC2c3ccccc3-c3ccccc32)C(=O)O)ccc1C(=O)NS(C)=O. The summed E-state index contributed by atoms with van der Waals surface area (Å²) in [7, 11) is -0.192. The van der Waals surface area contributed by atoms with E-state index in [2.05, 4.69) is 10.0 Å². The molecule has 0 aromatic heterocycles. The Kier molecular flexibility index (Phi) is 7.88. The van der Waals surface area contributed by atoms with Gasteiger partial charge in [0.15, 0.2) is 0 Å². The van der Waals surface area contributed by atoms with E-state index >= 15 is 0 Å². The van der Waals surface area contributed by atoms with Gasteiger partial charge in [-0.15, -0.1) is 0 Å². The van der Waals surface area contributed by atoms with Crippen LogP contribution in [0.15, 0.2) is 66.7 Å². The van der Waals surface area contributed by atoms with Crippen molar-refractivity contribution in [1.29, 1.82) is 0 Å². The average Bonchev–Trinajstić information content (AvgIpc) is 3.20. The Bertz CT molecular complexity index is 1330. The van der Waals surface area contributed by atoms with Gasteiger partial charge in [-0.05, 0) is 39.9 Å². The van der Waals surface area contributed by atoms with Gasteiger partial charge in [-0.1, -0.05) is 54.6 Å². The van der Waals surface area contributed by atoms with E-state index in [9.17, 15) is 23.7 Å². The maximum Gasteiger partial charge on any atom is 0.407 e. The van der Waals surface area contributed by atoms with Crippen LogP contribution < -0.4 is 14.8 Å². The third kappa shape index (κ3) is 5.80. The van der Waals surface area contributed by atoms with E-state index in [-0.39, 0.29) is 30.3 Å². The third-order valence-electron chi connectivity index (χ3n) is 6.12. The van der Waals surface area contributed by atoms with E-state index < -0.39 is 35.0 Å². The highest BCUT2D eigenvalue weighted by molar-refractivity contribution is 7.82. The molecule has 0 spiro atoms. The van der Waals surface area contributed by atoms with Crippen molar-refractivity contribution >= 4 is 29.0 Å². The van der Waals surface area contributed by atoms with Gasteiger partial charge in [-0.25, -0.2) is 13.8 Å². The Morgan fingerprint density at radius 3 is 2.19 bits per heavy atom. The van der Waals surface area contributed by atoms with Gasteiger partial charge in [0.05, 0.1) is 12.7 Å². The van der Waals surface area contributed by atoms with Gasteiger partial charge >= 0.3 is 12.1 Å². The van der Waals surface area contributed by atoms with Crippen LogP contribution in [-0.2, 0) is 26.9 Å². The van der Waals surface area contributed by atoms with Crippen molar-refractivity contribution in [3.63, 3.8) is 0 Å². The van der Waals surface area contributed by atoms with Crippen molar-refractivity contribution in [2.24, 2.45) is 0 Å². The van der Waals surface area contributed by atoms with Gasteiger partial charge in [0.25, 0.3) is 5.91 Å². The van der Waals surface area contributed by atoms with E-state index in [1.807, 2.05) is 48.5 Å². The fourth-order valence-corrected chi connectivity index (χ4v) is 4.82. The minimum atomic E-state index is -1.56. The van der Waals surface area contributed by atoms with Crippen LogP contribution >= 0.6 is 0 Å². The number of hydrogen-bond acceptors (Lipinski definition) is 6. The molecule has 4 rings (SSSR count). The van der Waals surface area contributed by atoms with E-state index in [1.54, 1.807) is 6.07 Å². The number of rotatable bonds is 9. The van der Waals surface area contributed by atoms with E-state index in [0.29, 0.717) is 5.56 Å². The zero-order valence-electron chi connectivity index (χ0n) is 20.2. The van der Waals surface area contributed by atoms with Gasteiger partial charge in [-0.2, -0.15) is 0 Å². The van der Waals surface area contributed by atoms with Crippen LogP contribution in [-0.4, -0.2) is 53.3 Å². The summed E-state index contributed by atoms with van der Waals surface area (Å²) in [5.41, 5.74) is 4.94. The lowest BCUT2D eigenvalue weighted by atomic mass is 9.98. The first-order valence-electron chi connectivity index (χ1n) is 11.4. The molecule has 9 nitrogen and oxygen atoms in total. The number of alkyl carbamates (subject to hydrolysis) is 1. The molecule has 192 valence electrons. The number of carbonyl (C=O) groups excluding carboxylic acids is 2. The van der Waals surface area contributed by atoms with E-state index in [0.717, 1.165) is 22.3 Å². The molecule has 2 unspecified atom stereocenters. The molecular weight excluding hydrogens is 496 g/mol. The second kappa shape index (κ2) is 11.3. The van der Waals surface area contributed by atoms with Crippen molar-refractivity contribution in [2.45, 2.75) is 18.4 Å². The molecule has 0 aliphatic heterocycles. The molecule has 0 saturated carbocycles. The predicted molar refractivity (Wildman–Crippen MR) is 138 cm³/mol. The highest BCUT2D eigenvalue weighted by Gasteiger charge is 2.30. The number of nitrogens with one attached hydrogen (secondary N) is 2. The summed E-state index contributed by atoms with van der Waals surface area (Å²) >= 11 is 0. The first-order valence-corrected chi connectivity index (χ1v) is 13.0. The number of ether oxygens (including phenoxy) is 2. The molecular formula is C27H26N2O7S. The number of methoxy groups -OCH3 is 1. The molecule has 1 aliphatic rings. The largest absolute Gasteiger partial charge is 0.496 e. The smallest absolute Gasteiger partial charge is 0.407 e. The van der Waals surface area contributed by atoms with Crippen LogP contribution in [0.2, 0.25) is 0 Å². The highest BCUT2D eigenvalue weighted by Crippen LogP contribution is 2.44. The highest BCUT2D eigenvalue weighted by atomic mass is 32.2. The molecule has 0 saturated heterocycles. The van der Waals surface area contributed by atoms with Crippen LogP contribution in [0.1, 0.15) is 33.0 Å². The van der Waals surface area contributed by atoms with Crippen molar-refractivity contribution < 1.29 is 33.2 Å². The van der Waals surface area contributed by atoms with E-state index in [1.165, 1.54) is 25.5 Å². The molecule has 3 N–H and O–H groups in total. The molecule has 2 atom stereocenters. The maximum absolute atomic E-state index is 12.6. The molecule has 37 heavy (non-hydrogen) atoms.